The summed E-state index contributed by atoms with van der Waals surface area (Å²) in [6, 6.07) is 8.64. The largest absolute Gasteiger partial charge is 0.378 e. The van der Waals surface area contributed by atoms with Crippen molar-refractivity contribution in [3.8, 4) is 0 Å². The van der Waals surface area contributed by atoms with Crippen molar-refractivity contribution in [2.24, 2.45) is 0 Å². The van der Waals surface area contributed by atoms with Gasteiger partial charge in [0.2, 0.25) is 0 Å². The Morgan fingerprint density at radius 3 is 2.50 bits per heavy atom. The van der Waals surface area contributed by atoms with E-state index in [-0.39, 0.29) is 0 Å². The topological polar surface area (TPSA) is 9.23 Å². The first-order valence-electron chi connectivity index (χ1n) is 5.16. The minimum absolute atomic E-state index is 0.508. The van der Waals surface area contributed by atoms with Crippen molar-refractivity contribution in [3.63, 3.8) is 0 Å². The van der Waals surface area contributed by atoms with E-state index < -0.39 is 0 Å². The Balaban J connectivity index is 1.90. The van der Waals surface area contributed by atoms with Crippen LogP contribution in [0.5, 0.6) is 0 Å². The smallest absolute Gasteiger partial charge is 0.0586 e. The molecule has 0 atom stereocenters. The fourth-order valence-electron chi connectivity index (χ4n) is 1.94. The summed E-state index contributed by atoms with van der Waals surface area (Å²) in [6.07, 6.45) is 2.89. The molecular formula is C12H15BrO. The van der Waals surface area contributed by atoms with Crippen LogP contribution in [0.25, 0.3) is 0 Å². The van der Waals surface area contributed by atoms with Gasteiger partial charge in [-0.2, -0.15) is 0 Å². The van der Waals surface area contributed by atoms with Gasteiger partial charge in [-0.25, -0.2) is 0 Å². The zero-order valence-corrected chi connectivity index (χ0v) is 9.96. The summed E-state index contributed by atoms with van der Waals surface area (Å²) in [5.41, 5.74) is 1.45. The molecule has 0 aromatic heterocycles. The standard InChI is InChI=1S/C12H15BrO/c1-2-14-12-7-10(8-12)9-3-5-11(13)6-4-9/h3-6,10,12H,2,7-8H2,1H3. The second-order valence-corrected chi connectivity index (χ2v) is 4.71. The van der Waals surface area contributed by atoms with Crippen molar-refractivity contribution >= 4 is 15.9 Å². The number of halogens is 1. The highest BCUT2D eigenvalue weighted by Crippen LogP contribution is 2.38. The van der Waals surface area contributed by atoms with Crippen molar-refractivity contribution in [2.45, 2.75) is 31.8 Å². The molecule has 1 aliphatic rings. The molecule has 1 aromatic carbocycles. The molecule has 1 saturated carbocycles. The predicted molar refractivity (Wildman–Crippen MR) is 61.5 cm³/mol. The molecule has 2 rings (SSSR count). The van der Waals surface area contributed by atoms with Crippen LogP contribution in [0, 0.1) is 0 Å². The summed E-state index contributed by atoms with van der Waals surface area (Å²) >= 11 is 3.45. The molecule has 0 heterocycles. The Morgan fingerprint density at radius 1 is 1.29 bits per heavy atom. The Bertz CT molecular complexity index is 288. The molecule has 0 amide bonds. The van der Waals surface area contributed by atoms with Gasteiger partial charge in [0.1, 0.15) is 0 Å². The van der Waals surface area contributed by atoms with Crippen molar-refractivity contribution in [3.05, 3.63) is 34.3 Å². The Labute approximate surface area is 93.6 Å². The van der Waals surface area contributed by atoms with Crippen molar-refractivity contribution < 1.29 is 4.74 Å². The third kappa shape index (κ3) is 2.18. The van der Waals surface area contributed by atoms with Crippen molar-refractivity contribution in [1.29, 1.82) is 0 Å². The van der Waals surface area contributed by atoms with Gasteiger partial charge >= 0.3 is 0 Å². The van der Waals surface area contributed by atoms with Crippen LogP contribution < -0.4 is 0 Å². The Morgan fingerprint density at radius 2 is 1.93 bits per heavy atom. The van der Waals surface area contributed by atoms with Crippen molar-refractivity contribution in [1.82, 2.24) is 0 Å². The number of hydrogen-bond donors (Lipinski definition) is 0. The van der Waals surface area contributed by atoms with Crippen LogP contribution in [-0.4, -0.2) is 12.7 Å². The lowest BCUT2D eigenvalue weighted by molar-refractivity contribution is -0.00318. The second-order valence-electron chi connectivity index (χ2n) is 3.80. The van der Waals surface area contributed by atoms with Gasteiger partial charge in [-0.1, -0.05) is 28.1 Å². The van der Waals surface area contributed by atoms with Crippen LogP contribution in [-0.2, 0) is 4.74 Å². The summed E-state index contributed by atoms with van der Waals surface area (Å²) in [4.78, 5) is 0. The normalized spacial score (nSPS) is 25.9. The van der Waals surface area contributed by atoms with Crippen LogP contribution in [0.15, 0.2) is 28.7 Å². The summed E-state index contributed by atoms with van der Waals surface area (Å²) in [6.45, 7) is 2.91. The summed E-state index contributed by atoms with van der Waals surface area (Å²) in [5.74, 6) is 0.722. The molecule has 0 radical (unpaired) electrons. The molecule has 0 N–H and O–H groups in total. The average molecular weight is 255 g/mol. The number of benzene rings is 1. The van der Waals surface area contributed by atoms with E-state index in [1.807, 2.05) is 0 Å². The van der Waals surface area contributed by atoms with E-state index in [0.29, 0.717) is 6.10 Å². The number of hydrogen-bond acceptors (Lipinski definition) is 1. The molecule has 1 fully saturated rings. The predicted octanol–water partition coefficient (Wildman–Crippen LogP) is 3.73. The Kier molecular flexibility index (Phi) is 3.24. The fraction of sp³-hybridized carbons (Fsp3) is 0.500. The lowest BCUT2D eigenvalue weighted by atomic mass is 9.77. The summed E-state index contributed by atoms with van der Waals surface area (Å²) in [5, 5.41) is 0. The van der Waals surface area contributed by atoms with E-state index in [0.717, 1.165) is 17.0 Å². The van der Waals surface area contributed by atoms with Gasteiger partial charge in [-0.3, -0.25) is 0 Å². The fourth-order valence-corrected chi connectivity index (χ4v) is 2.21. The Hall–Kier alpha value is -0.340. The first-order chi connectivity index (χ1) is 6.79. The molecule has 0 unspecified atom stereocenters. The molecule has 14 heavy (non-hydrogen) atoms. The first-order valence-corrected chi connectivity index (χ1v) is 5.96. The van der Waals surface area contributed by atoms with Gasteiger partial charge in [0.25, 0.3) is 0 Å². The zero-order chi connectivity index (χ0) is 9.97. The molecule has 0 bridgehead atoms. The van der Waals surface area contributed by atoms with Crippen LogP contribution in [0.2, 0.25) is 0 Å². The van der Waals surface area contributed by atoms with Crippen molar-refractivity contribution in [2.75, 3.05) is 6.61 Å². The maximum atomic E-state index is 5.54. The van der Waals surface area contributed by atoms with Gasteiger partial charge < -0.3 is 4.74 Å². The van der Waals surface area contributed by atoms with E-state index in [1.165, 1.54) is 18.4 Å². The highest BCUT2D eigenvalue weighted by molar-refractivity contribution is 9.10. The quantitative estimate of drug-likeness (QED) is 0.799. The highest BCUT2D eigenvalue weighted by Gasteiger charge is 2.30. The maximum Gasteiger partial charge on any atom is 0.0586 e. The maximum absolute atomic E-state index is 5.54. The third-order valence-corrected chi connectivity index (χ3v) is 3.37. The van der Waals surface area contributed by atoms with Crippen LogP contribution in [0.4, 0.5) is 0 Å². The molecule has 1 aliphatic carbocycles. The molecule has 1 nitrogen and oxygen atoms in total. The number of rotatable bonds is 3. The third-order valence-electron chi connectivity index (χ3n) is 2.84. The van der Waals surface area contributed by atoms with Crippen LogP contribution in [0.3, 0.4) is 0 Å². The molecule has 0 saturated heterocycles. The minimum Gasteiger partial charge on any atom is -0.378 e. The minimum atomic E-state index is 0.508. The van der Waals surface area contributed by atoms with E-state index in [9.17, 15) is 0 Å². The molecule has 76 valence electrons. The molecule has 1 aromatic rings. The summed E-state index contributed by atoms with van der Waals surface area (Å²) in [7, 11) is 0. The zero-order valence-electron chi connectivity index (χ0n) is 8.37. The molecule has 2 heteroatoms. The van der Waals surface area contributed by atoms with Gasteiger partial charge in [0, 0.05) is 11.1 Å². The van der Waals surface area contributed by atoms with Crippen LogP contribution in [0.1, 0.15) is 31.2 Å². The lowest BCUT2D eigenvalue weighted by Gasteiger charge is -2.35. The monoisotopic (exact) mass is 254 g/mol. The molecule has 0 aliphatic heterocycles. The van der Waals surface area contributed by atoms with E-state index in [4.69, 9.17) is 4.74 Å². The van der Waals surface area contributed by atoms with Gasteiger partial charge in [-0.05, 0) is 43.4 Å². The second kappa shape index (κ2) is 4.45. The van der Waals surface area contributed by atoms with E-state index in [1.54, 1.807) is 0 Å². The van der Waals surface area contributed by atoms with E-state index in [2.05, 4.69) is 47.1 Å². The van der Waals surface area contributed by atoms with Gasteiger partial charge in [-0.15, -0.1) is 0 Å². The lowest BCUT2D eigenvalue weighted by Crippen LogP contribution is -2.29. The van der Waals surface area contributed by atoms with Gasteiger partial charge in [0.05, 0.1) is 6.10 Å². The first kappa shape index (κ1) is 10.2. The van der Waals surface area contributed by atoms with Gasteiger partial charge in [0.15, 0.2) is 0 Å². The highest BCUT2D eigenvalue weighted by atomic mass is 79.9. The van der Waals surface area contributed by atoms with E-state index >= 15 is 0 Å². The summed E-state index contributed by atoms with van der Waals surface area (Å²) < 4.78 is 6.70. The van der Waals surface area contributed by atoms with Crippen LogP contribution >= 0.6 is 15.9 Å². The average Bonchev–Trinajstić information content (AvgIpc) is 2.13. The molecular weight excluding hydrogens is 240 g/mol. The SMILES string of the molecule is CCOC1CC(c2ccc(Br)cc2)C1. The molecule has 0 spiro atoms. The number of ether oxygens (including phenoxy) is 1.